The predicted octanol–water partition coefficient (Wildman–Crippen LogP) is 2.02. The highest BCUT2D eigenvalue weighted by atomic mass is 16.5. The van der Waals surface area contributed by atoms with E-state index in [2.05, 4.69) is 22.8 Å². The Morgan fingerprint density at radius 2 is 1.68 bits per heavy atom. The van der Waals surface area contributed by atoms with Gasteiger partial charge in [-0.1, -0.05) is 48.5 Å². The zero-order valence-corrected chi connectivity index (χ0v) is 18.6. The topological polar surface area (TPSA) is 134 Å². The molecule has 1 fully saturated rings. The van der Waals surface area contributed by atoms with Crippen molar-refractivity contribution in [1.29, 1.82) is 0 Å². The van der Waals surface area contributed by atoms with E-state index >= 15 is 0 Å². The third-order valence-electron chi connectivity index (χ3n) is 6.25. The zero-order valence-electron chi connectivity index (χ0n) is 18.6. The quantitative estimate of drug-likeness (QED) is 0.442. The maximum Gasteiger partial charge on any atom is 0.407 e. The van der Waals surface area contributed by atoms with E-state index in [1.807, 2.05) is 36.4 Å². The van der Waals surface area contributed by atoms with Crippen LogP contribution in [0.15, 0.2) is 48.5 Å². The molecule has 4 N–H and O–H groups in total. The highest BCUT2D eigenvalue weighted by Crippen LogP contribution is 2.44. The van der Waals surface area contributed by atoms with Crippen LogP contribution in [0.2, 0.25) is 0 Å². The number of aliphatic hydroxyl groups is 1. The van der Waals surface area contributed by atoms with Gasteiger partial charge in [-0.05, 0) is 35.1 Å². The second-order valence-corrected chi connectivity index (χ2v) is 8.44. The summed E-state index contributed by atoms with van der Waals surface area (Å²) in [6.45, 7) is 0.0345. The average Bonchev–Trinajstić information content (AvgIpc) is 3.44. The van der Waals surface area contributed by atoms with Gasteiger partial charge in [-0.25, -0.2) is 9.59 Å². The van der Waals surface area contributed by atoms with E-state index in [-0.39, 0.29) is 38.2 Å². The lowest BCUT2D eigenvalue weighted by molar-refractivity contribution is -0.144. The lowest BCUT2D eigenvalue weighted by atomic mass is 9.98. The molecule has 180 valence electrons. The number of hydrogen-bond donors (Lipinski definition) is 4. The molecule has 3 atom stereocenters. The third-order valence-corrected chi connectivity index (χ3v) is 6.25. The summed E-state index contributed by atoms with van der Waals surface area (Å²) < 4.78 is 11.2. The van der Waals surface area contributed by atoms with E-state index < -0.39 is 30.1 Å². The van der Waals surface area contributed by atoms with Crippen LogP contribution in [0.4, 0.5) is 4.79 Å². The average molecular weight is 469 g/mol. The third kappa shape index (κ3) is 5.21. The van der Waals surface area contributed by atoms with Gasteiger partial charge in [0, 0.05) is 25.5 Å². The van der Waals surface area contributed by atoms with Crippen molar-refractivity contribution in [2.75, 3.05) is 19.8 Å². The number of fused-ring (bicyclic) bond motifs is 3. The second kappa shape index (κ2) is 10.7. The van der Waals surface area contributed by atoms with Crippen molar-refractivity contribution in [1.82, 2.24) is 10.6 Å². The minimum atomic E-state index is -1.21. The number of carboxylic acids is 1. The molecule has 0 aromatic heterocycles. The molecule has 0 bridgehead atoms. The molecule has 1 aliphatic carbocycles. The number of carbonyl (C=O) groups excluding carboxylic acids is 2. The first-order valence-corrected chi connectivity index (χ1v) is 11.4. The number of alkyl carbamates (subject to hydrolysis) is 1. The summed E-state index contributed by atoms with van der Waals surface area (Å²) >= 11 is 0. The second-order valence-electron chi connectivity index (χ2n) is 8.44. The van der Waals surface area contributed by atoms with Crippen LogP contribution in [0.1, 0.15) is 36.3 Å². The Labute approximate surface area is 197 Å². The molecule has 2 aromatic rings. The Hall–Kier alpha value is -3.43. The summed E-state index contributed by atoms with van der Waals surface area (Å²) in [5.41, 5.74) is 4.57. The standard InChI is InChI=1S/C25H28N2O7/c28-12-11-21(24(30)31)27-23(29)22-10-9-15(34-22)13-26-25(32)33-14-20-18-7-3-1-5-16(18)17-6-2-4-8-19(17)20/h1-8,15,20-22,28H,9-14H2,(H,26,32)(H,27,29)(H,30,31). The number of nitrogens with one attached hydrogen (secondary N) is 2. The van der Waals surface area contributed by atoms with Crippen molar-refractivity contribution >= 4 is 18.0 Å². The smallest absolute Gasteiger partial charge is 0.407 e. The Kier molecular flexibility index (Phi) is 7.44. The SMILES string of the molecule is O=C(NCC1CCC(C(=O)NC(CCO)C(=O)O)O1)OCC1c2ccccc2-c2ccccc21. The first-order valence-electron chi connectivity index (χ1n) is 11.4. The number of benzene rings is 2. The van der Waals surface area contributed by atoms with Crippen molar-refractivity contribution in [3.8, 4) is 11.1 Å². The summed E-state index contributed by atoms with van der Waals surface area (Å²) in [5.74, 6) is -1.78. The predicted molar refractivity (Wildman–Crippen MR) is 122 cm³/mol. The molecule has 0 saturated carbocycles. The molecule has 4 rings (SSSR count). The maximum atomic E-state index is 12.3. The maximum absolute atomic E-state index is 12.3. The molecule has 2 aromatic carbocycles. The van der Waals surface area contributed by atoms with Gasteiger partial charge in [0.25, 0.3) is 0 Å². The monoisotopic (exact) mass is 468 g/mol. The van der Waals surface area contributed by atoms with Crippen LogP contribution in [0, 0.1) is 0 Å². The van der Waals surface area contributed by atoms with Gasteiger partial charge in [-0.15, -0.1) is 0 Å². The van der Waals surface area contributed by atoms with Crippen LogP contribution in [0.3, 0.4) is 0 Å². The molecular formula is C25H28N2O7. The van der Waals surface area contributed by atoms with Crippen LogP contribution in [0.5, 0.6) is 0 Å². The molecule has 0 radical (unpaired) electrons. The van der Waals surface area contributed by atoms with Crippen LogP contribution >= 0.6 is 0 Å². The summed E-state index contributed by atoms with van der Waals surface area (Å²) in [7, 11) is 0. The molecule has 1 saturated heterocycles. The number of carboxylic acid groups (broad SMARTS) is 1. The van der Waals surface area contributed by atoms with E-state index in [0.717, 1.165) is 22.3 Å². The number of rotatable bonds is 9. The van der Waals surface area contributed by atoms with E-state index in [4.69, 9.17) is 19.7 Å². The number of aliphatic hydroxyl groups excluding tert-OH is 1. The largest absolute Gasteiger partial charge is 0.480 e. The fourth-order valence-electron chi connectivity index (χ4n) is 4.55. The summed E-state index contributed by atoms with van der Waals surface area (Å²) in [6, 6.07) is 15.0. The molecule has 2 amide bonds. The van der Waals surface area contributed by atoms with Gasteiger partial charge >= 0.3 is 12.1 Å². The number of carbonyl (C=O) groups is 3. The lowest BCUT2D eigenvalue weighted by Gasteiger charge is -2.18. The van der Waals surface area contributed by atoms with E-state index in [9.17, 15) is 14.4 Å². The summed E-state index contributed by atoms with van der Waals surface area (Å²) in [5, 5.41) is 23.1. The number of aliphatic carboxylic acids is 1. The first-order chi connectivity index (χ1) is 16.5. The van der Waals surface area contributed by atoms with Gasteiger partial charge in [0.1, 0.15) is 18.8 Å². The van der Waals surface area contributed by atoms with E-state index in [1.165, 1.54) is 0 Å². The van der Waals surface area contributed by atoms with Crippen LogP contribution in [0.25, 0.3) is 11.1 Å². The normalized spacial score (nSPS) is 19.7. The van der Waals surface area contributed by atoms with Crippen LogP contribution in [-0.2, 0) is 19.1 Å². The minimum absolute atomic E-state index is 0.0324. The lowest BCUT2D eigenvalue weighted by Crippen LogP contribution is -2.46. The summed E-state index contributed by atoms with van der Waals surface area (Å²) in [6.07, 6.45) is -0.867. The van der Waals surface area contributed by atoms with E-state index in [0.29, 0.717) is 12.8 Å². The van der Waals surface area contributed by atoms with Crippen molar-refractivity contribution in [2.24, 2.45) is 0 Å². The number of amides is 2. The zero-order chi connectivity index (χ0) is 24.1. The fraction of sp³-hybridized carbons (Fsp3) is 0.400. The van der Waals surface area contributed by atoms with Gasteiger partial charge in [0.05, 0.1) is 6.10 Å². The Morgan fingerprint density at radius 1 is 1.03 bits per heavy atom. The molecule has 2 aliphatic rings. The summed E-state index contributed by atoms with van der Waals surface area (Å²) in [4.78, 5) is 35.8. The van der Waals surface area contributed by atoms with Crippen molar-refractivity contribution < 1.29 is 34.1 Å². The number of hydrogen-bond acceptors (Lipinski definition) is 6. The first kappa shape index (κ1) is 23.7. The molecule has 34 heavy (non-hydrogen) atoms. The van der Waals surface area contributed by atoms with Crippen molar-refractivity contribution in [3.05, 3.63) is 59.7 Å². The molecule has 3 unspecified atom stereocenters. The Morgan fingerprint density at radius 3 is 2.29 bits per heavy atom. The highest BCUT2D eigenvalue weighted by Gasteiger charge is 2.33. The van der Waals surface area contributed by atoms with Gasteiger partial charge in [0.15, 0.2) is 0 Å². The molecule has 1 heterocycles. The van der Waals surface area contributed by atoms with Crippen LogP contribution < -0.4 is 10.6 Å². The Bertz CT molecular complexity index is 1010. The van der Waals surface area contributed by atoms with Gasteiger partial charge in [-0.2, -0.15) is 0 Å². The molecule has 1 aliphatic heterocycles. The molecule has 0 spiro atoms. The molecule has 9 heteroatoms. The van der Waals surface area contributed by atoms with Crippen LogP contribution in [-0.4, -0.2) is 66.2 Å². The number of ether oxygens (including phenoxy) is 2. The van der Waals surface area contributed by atoms with Gasteiger partial charge in [-0.3, -0.25) is 4.79 Å². The molecular weight excluding hydrogens is 440 g/mol. The minimum Gasteiger partial charge on any atom is -0.480 e. The fourth-order valence-corrected chi connectivity index (χ4v) is 4.55. The van der Waals surface area contributed by atoms with Gasteiger partial charge < -0.3 is 30.3 Å². The van der Waals surface area contributed by atoms with Crippen molar-refractivity contribution in [3.63, 3.8) is 0 Å². The Balaban J connectivity index is 1.24. The van der Waals surface area contributed by atoms with Crippen molar-refractivity contribution in [2.45, 2.75) is 43.4 Å². The van der Waals surface area contributed by atoms with E-state index in [1.54, 1.807) is 0 Å². The highest BCUT2D eigenvalue weighted by molar-refractivity contribution is 5.86. The molecule has 9 nitrogen and oxygen atoms in total. The van der Waals surface area contributed by atoms with Gasteiger partial charge in [0.2, 0.25) is 5.91 Å².